The maximum atomic E-state index is 11.6. The highest BCUT2D eigenvalue weighted by Gasteiger charge is 2.29. The molecule has 9 heteroatoms. The predicted molar refractivity (Wildman–Crippen MR) is 71.5 cm³/mol. The van der Waals surface area contributed by atoms with Crippen molar-refractivity contribution in [1.82, 2.24) is 20.1 Å². The van der Waals surface area contributed by atoms with E-state index in [4.69, 9.17) is 0 Å². The van der Waals surface area contributed by atoms with E-state index < -0.39 is 12.0 Å². The van der Waals surface area contributed by atoms with Crippen LogP contribution < -0.4 is 11.0 Å². The third-order valence-corrected chi connectivity index (χ3v) is 3.87. The number of amides is 1. The molecule has 0 saturated heterocycles. The maximum absolute atomic E-state index is 11.6. The monoisotopic (exact) mass is 300 g/mol. The van der Waals surface area contributed by atoms with Gasteiger partial charge >= 0.3 is 11.7 Å². The number of esters is 1. The quantitative estimate of drug-likeness (QED) is 0.551. The predicted octanol–water partition coefficient (Wildman–Crippen LogP) is -0.324. The van der Waals surface area contributed by atoms with E-state index in [2.05, 4.69) is 20.3 Å². The van der Waals surface area contributed by atoms with Crippen LogP contribution in [-0.4, -0.2) is 45.5 Å². The number of carbonyl (C=O) groups excluding carboxylic acids is 2. The minimum atomic E-state index is -0.762. The molecule has 8 nitrogen and oxygen atoms in total. The van der Waals surface area contributed by atoms with E-state index in [1.165, 1.54) is 25.8 Å². The van der Waals surface area contributed by atoms with E-state index in [9.17, 15) is 14.4 Å². The lowest BCUT2D eigenvalue weighted by molar-refractivity contribution is -0.144. The molecule has 1 saturated carbocycles. The zero-order valence-electron chi connectivity index (χ0n) is 11.2. The van der Waals surface area contributed by atoms with Crippen molar-refractivity contribution in [1.29, 1.82) is 0 Å². The molecule has 1 aliphatic carbocycles. The number of hydrogen-bond donors (Lipinski definition) is 2. The Balaban J connectivity index is 2.03. The molecule has 0 bridgehead atoms. The molecule has 1 atom stereocenters. The number of nitrogens with one attached hydrogen (secondary N) is 2. The first-order chi connectivity index (χ1) is 9.52. The first-order valence-electron chi connectivity index (χ1n) is 6.17. The minimum Gasteiger partial charge on any atom is -0.467 e. The number of carbonyl (C=O) groups is 2. The molecular weight excluding hydrogens is 284 g/mol. The number of nitrogens with zero attached hydrogens (tertiary/aromatic N) is 2. The maximum Gasteiger partial charge on any atom is 0.344 e. The molecule has 0 radical (unpaired) electrons. The van der Waals surface area contributed by atoms with Gasteiger partial charge < -0.3 is 10.1 Å². The molecule has 1 aromatic heterocycles. The Hall–Kier alpha value is -1.77. The minimum absolute atomic E-state index is 0.195. The van der Waals surface area contributed by atoms with Crippen molar-refractivity contribution >= 4 is 23.6 Å². The van der Waals surface area contributed by atoms with Gasteiger partial charge in [-0.2, -0.15) is 0 Å². The summed E-state index contributed by atoms with van der Waals surface area (Å²) in [6.45, 7) is 1.33. The molecule has 1 fully saturated rings. The van der Waals surface area contributed by atoms with Gasteiger partial charge in [0.05, 0.1) is 7.11 Å². The Morgan fingerprint density at radius 2 is 2.30 bits per heavy atom. The summed E-state index contributed by atoms with van der Waals surface area (Å²) in [4.78, 5) is 34.2. The standard InChI is InChI=1S/C11H16N4O4S/c1-6(16)12-8(9(17)19-2)5-20-11-14-13-10(18)15(11)7-3-4-7/h7-8H,3-5H2,1-2H3,(H,12,16)(H,13,18). The Bertz CT molecular complexity index is 563. The second-order valence-corrected chi connectivity index (χ2v) is 5.49. The highest BCUT2D eigenvalue weighted by molar-refractivity contribution is 7.99. The SMILES string of the molecule is COC(=O)C(CSc1n[nH]c(=O)n1C1CC1)NC(C)=O. The summed E-state index contributed by atoms with van der Waals surface area (Å²) < 4.78 is 6.22. The highest BCUT2D eigenvalue weighted by atomic mass is 32.2. The number of methoxy groups -OCH3 is 1. The van der Waals surface area contributed by atoms with Crippen molar-refractivity contribution in [3.63, 3.8) is 0 Å². The third-order valence-electron chi connectivity index (χ3n) is 2.83. The van der Waals surface area contributed by atoms with Crippen LogP contribution in [0.25, 0.3) is 0 Å². The van der Waals surface area contributed by atoms with Gasteiger partial charge in [-0.05, 0) is 12.8 Å². The summed E-state index contributed by atoms with van der Waals surface area (Å²) in [7, 11) is 1.26. The molecule has 1 heterocycles. The van der Waals surface area contributed by atoms with Gasteiger partial charge in [-0.3, -0.25) is 9.36 Å². The van der Waals surface area contributed by atoms with E-state index in [1.807, 2.05) is 0 Å². The first kappa shape index (κ1) is 14.6. The van der Waals surface area contributed by atoms with Gasteiger partial charge in [-0.25, -0.2) is 14.7 Å². The third kappa shape index (κ3) is 3.41. The Morgan fingerprint density at radius 3 is 2.85 bits per heavy atom. The number of aromatic nitrogens is 3. The fourth-order valence-electron chi connectivity index (χ4n) is 1.76. The van der Waals surface area contributed by atoms with Crippen LogP contribution in [0.2, 0.25) is 0 Å². The smallest absolute Gasteiger partial charge is 0.344 e. The largest absolute Gasteiger partial charge is 0.467 e. The van der Waals surface area contributed by atoms with E-state index in [0.29, 0.717) is 5.16 Å². The Kier molecular flexibility index (Phi) is 4.48. The molecule has 1 aromatic rings. The van der Waals surface area contributed by atoms with Crippen molar-refractivity contribution in [2.24, 2.45) is 0 Å². The fraction of sp³-hybridized carbons (Fsp3) is 0.636. The molecule has 1 unspecified atom stereocenters. The summed E-state index contributed by atoms with van der Waals surface area (Å²) in [5.41, 5.74) is -0.246. The van der Waals surface area contributed by atoms with Crippen LogP contribution >= 0.6 is 11.8 Å². The summed E-state index contributed by atoms with van der Waals surface area (Å²) in [5.74, 6) is -0.588. The first-order valence-corrected chi connectivity index (χ1v) is 7.16. The second kappa shape index (κ2) is 6.12. The van der Waals surface area contributed by atoms with Crippen molar-refractivity contribution < 1.29 is 14.3 Å². The zero-order valence-corrected chi connectivity index (χ0v) is 12.0. The summed E-state index contributed by atoms with van der Waals surface area (Å²) in [6.07, 6.45) is 1.91. The number of hydrogen-bond acceptors (Lipinski definition) is 6. The van der Waals surface area contributed by atoms with Crippen LogP contribution in [0.5, 0.6) is 0 Å². The molecule has 1 amide bonds. The van der Waals surface area contributed by atoms with Crippen LogP contribution in [0.4, 0.5) is 0 Å². The second-order valence-electron chi connectivity index (χ2n) is 4.50. The number of thioether (sulfide) groups is 1. The zero-order chi connectivity index (χ0) is 14.7. The topological polar surface area (TPSA) is 106 Å². The number of ether oxygens (including phenoxy) is 1. The van der Waals surface area contributed by atoms with Gasteiger partial charge in [-0.15, -0.1) is 5.10 Å². The van der Waals surface area contributed by atoms with Gasteiger partial charge in [0, 0.05) is 18.7 Å². The summed E-state index contributed by atoms with van der Waals surface area (Å²) >= 11 is 1.24. The van der Waals surface area contributed by atoms with E-state index in [-0.39, 0.29) is 23.4 Å². The molecule has 0 aromatic carbocycles. The van der Waals surface area contributed by atoms with Crippen molar-refractivity contribution in [2.75, 3.05) is 12.9 Å². The molecular formula is C11H16N4O4S. The van der Waals surface area contributed by atoms with Crippen LogP contribution in [-0.2, 0) is 14.3 Å². The number of aromatic amines is 1. The Labute approximate surface area is 119 Å². The van der Waals surface area contributed by atoms with Crippen LogP contribution in [0.15, 0.2) is 9.95 Å². The lowest BCUT2D eigenvalue weighted by Crippen LogP contribution is -2.42. The van der Waals surface area contributed by atoms with E-state index in [0.717, 1.165) is 12.8 Å². The van der Waals surface area contributed by atoms with Crippen molar-refractivity contribution in [2.45, 2.75) is 37.0 Å². The molecule has 110 valence electrons. The summed E-state index contributed by atoms with van der Waals surface area (Å²) in [5, 5.41) is 9.37. The van der Waals surface area contributed by atoms with Crippen LogP contribution in [0.3, 0.4) is 0 Å². The average Bonchev–Trinajstić information content (AvgIpc) is 3.17. The van der Waals surface area contributed by atoms with Gasteiger partial charge in [0.15, 0.2) is 5.16 Å². The molecule has 1 aliphatic rings. The number of rotatable bonds is 6. The molecule has 2 rings (SSSR count). The normalized spacial score (nSPS) is 15.7. The molecule has 2 N–H and O–H groups in total. The molecule has 0 aliphatic heterocycles. The number of H-pyrrole nitrogens is 1. The lowest BCUT2D eigenvalue weighted by atomic mass is 10.3. The van der Waals surface area contributed by atoms with Crippen molar-refractivity contribution in [3.8, 4) is 0 Å². The van der Waals surface area contributed by atoms with Crippen molar-refractivity contribution in [3.05, 3.63) is 10.5 Å². The Morgan fingerprint density at radius 1 is 1.60 bits per heavy atom. The lowest BCUT2D eigenvalue weighted by Gasteiger charge is -2.14. The van der Waals surface area contributed by atoms with E-state index >= 15 is 0 Å². The average molecular weight is 300 g/mol. The fourth-order valence-corrected chi connectivity index (χ4v) is 2.78. The van der Waals surface area contributed by atoms with Crippen LogP contribution in [0, 0.1) is 0 Å². The highest BCUT2D eigenvalue weighted by Crippen LogP contribution is 2.36. The van der Waals surface area contributed by atoms with Gasteiger partial charge in [0.25, 0.3) is 0 Å². The van der Waals surface area contributed by atoms with Gasteiger partial charge in [0.1, 0.15) is 6.04 Å². The summed E-state index contributed by atoms with van der Waals surface area (Å²) in [6, 6.07) is -0.567. The molecule has 0 spiro atoms. The molecule has 20 heavy (non-hydrogen) atoms. The van der Waals surface area contributed by atoms with Crippen LogP contribution in [0.1, 0.15) is 25.8 Å². The van der Waals surface area contributed by atoms with E-state index in [1.54, 1.807) is 4.57 Å². The van der Waals surface area contributed by atoms with Gasteiger partial charge in [0.2, 0.25) is 5.91 Å². The van der Waals surface area contributed by atoms with Gasteiger partial charge in [-0.1, -0.05) is 11.8 Å².